The maximum absolute atomic E-state index is 5.56. The normalized spacial score (nSPS) is 10.4. The summed E-state index contributed by atoms with van der Waals surface area (Å²) in [6.07, 6.45) is 2.48. The van der Waals surface area contributed by atoms with Gasteiger partial charge in [0, 0.05) is 25.4 Å². The molecule has 5 nitrogen and oxygen atoms in total. The molecule has 0 atom stereocenters. The predicted molar refractivity (Wildman–Crippen MR) is 98.4 cm³/mol. The zero-order chi connectivity index (χ0) is 17.3. The number of ether oxygens (including phenoxy) is 2. The Morgan fingerprint density at radius 3 is 2.48 bits per heavy atom. The maximum Gasteiger partial charge on any atom is 0.135 e. The number of benzene rings is 2. The fraction of sp³-hybridized carbons (Fsp3) is 0.200. The van der Waals surface area contributed by atoms with Crippen molar-refractivity contribution in [3.63, 3.8) is 0 Å². The van der Waals surface area contributed by atoms with Crippen LogP contribution in [0.3, 0.4) is 0 Å². The molecular formula is C20H21N3O2. The summed E-state index contributed by atoms with van der Waals surface area (Å²) >= 11 is 0. The van der Waals surface area contributed by atoms with Crippen molar-refractivity contribution in [1.82, 2.24) is 9.97 Å². The molecule has 3 rings (SSSR count). The van der Waals surface area contributed by atoms with Crippen LogP contribution in [0.4, 0.5) is 11.5 Å². The Morgan fingerprint density at radius 1 is 0.920 bits per heavy atom. The first-order chi connectivity index (χ1) is 12.3. The number of methoxy groups -OCH3 is 1. The molecule has 0 aliphatic carbocycles. The molecule has 0 spiro atoms. The highest BCUT2D eigenvalue weighted by Crippen LogP contribution is 2.19. The Morgan fingerprint density at radius 2 is 1.72 bits per heavy atom. The number of rotatable bonds is 8. The molecule has 0 saturated heterocycles. The van der Waals surface area contributed by atoms with Crippen molar-refractivity contribution >= 4 is 11.5 Å². The molecule has 3 aromatic rings. The average molecular weight is 335 g/mol. The van der Waals surface area contributed by atoms with Gasteiger partial charge >= 0.3 is 0 Å². The second-order valence-corrected chi connectivity index (χ2v) is 5.51. The lowest BCUT2D eigenvalue weighted by atomic mass is 10.1. The van der Waals surface area contributed by atoms with Gasteiger partial charge in [-0.2, -0.15) is 0 Å². The molecule has 0 fully saturated rings. The first kappa shape index (κ1) is 16.9. The standard InChI is InChI=1S/C20H21N3O2/c1-24-13-14-25-18-9-7-17(8-10-18)22-19-11-12-21-20(23-19)15-16-5-3-2-4-6-16/h2-12H,13-15H2,1H3,(H,21,22,23). The minimum Gasteiger partial charge on any atom is -0.491 e. The highest BCUT2D eigenvalue weighted by molar-refractivity contribution is 5.56. The van der Waals surface area contributed by atoms with Gasteiger partial charge < -0.3 is 14.8 Å². The van der Waals surface area contributed by atoms with Crippen LogP contribution in [0.25, 0.3) is 0 Å². The van der Waals surface area contributed by atoms with Crippen LogP contribution in [0, 0.1) is 0 Å². The van der Waals surface area contributed by atoms with Gasteiger partial charge in [0.25, 0.3) is 0 Å². The van der Waals surface area contributed by atoms with Crippen molar-refractivity contribution in [2.75, 3.05) is 25.6 Å². The van der Waals surface area contributed by atoms with Gasteiger partial charge in [-0.3, -0.25) is 0 Å². The van der Waals surface area contributed by atoms with Crippen molar-refractivity contribution in [2.45, 2.75) is 6.42 Å². The monoisotopic (exact) mass is 335 g/mol. The van der Waals surface area contributed by atoms with E-state index in [1.165, 1.54) is 5.56 Å². The number of hydrogen-bond donors (Lipinski definition) is 1. The lowest BCUT2D eigenvalue weighted by molar-refractivity contribution is 0.146. The molecule has 0 aliphatic heterocycles. The first-order valence-electron chi connectivity index (χ1n) is 8.18. The minimum atomic E-state index is 0.540. The van der Waals surface area contributed by atoms with E-state index in [1.807, 2.05) is 48.5 Å². The zero-order valence-corrected chi connectivity index (χ0v) is 14.2. The van der Waals surface area contributed by atoms with Crippen LogP contribution in [0.5, 0.6) is 5.75 Å². The number of nitrogens with zero attached hydrogens (tertiary/aromatic N) is 2. The number of hydrogen-bond acceptors (Lipinski definition) is 5. The summed E-state index contributed by atoms with van der Waals surface area (Å²) in [5, 5.41) is 3.29. The van der Waals surface area contributed by atoms with Crippen molar-refractivity contribution < 1.29 is 9.47 Å². The second kappa shape index (κ2) is 8.80. The van der Waals surface area contributed by atoms with Crippen molar-refractivity contribution in [3.05, 3.63) is 78.2 Å². The highest BCUT2D eigenvalue weighted by Gasteiger charge is 2.02. The van der Waals surface area contributed by atoms with E-state index in [0.29, 0.717) is 19.6 Å². The average Bonchev–Trinajstić information content (AvgIpc) is 2.65. The molecule has 1 N–H and O–H groups in total. The van der Waals surface area contributed by atoms with Gasteiger partial charge in [0.1, 0.15) is 24.0 Å². The largest absolute Gasteiger partial charge is 0.491 e. The fourth-order valence-electron chi connectivity index (χ4n) is 2.36. The molecule has 0 saturated carbocycles. The van der Waals surface area contributed by atoms with Crippen LogP contribution < -0.4 is 10.1 Å². The molecule has 5 heteroatoms. The zero-order valence-electron chi connectivity index (χ0n) is 14.2. The van der Waals surface area contributed by atoms with Crippen molar-refractivity contribution in [3.8, 4) is 5.75 Å². The Kier molecular flexibility index (Phi) is 5.96. The molecule has 1 aromatic heterocycles. The van der Waals surface area contributed by atoms with Gasteiger partial charge in [-0.15, -0.1) is 0 Å². The Labute approximate surface area is 147 Å². The van der Waals surface area contributed by atoms with Crippen molar-refractivity contribution in [1.29, 1.82) is 0 Å². The third-order valence-electron chi connectivity index (χ3n) is 3.59. The smallest absolute Gasteiger partial charge is 0.135 e. The number of nitrogens with one attached hydrogen (secondary N) is 1. The summed E-state index contributed by atoms with van der Waals surface area (Å²) in [6, 6.07) is 19.8. The molecule has 0 unspecified atom stereocenters. The van der Waals surface area contributed by atoms with Crippen LogP contribution in [0.1, 0.15) is 11.4 Å². The molecule has 128 valence electrons. The van der Waals surface area contributed by atoms with Gasteiger partial charge in [-0.05, 0) is 35.9 Å². The quantitative estimate of drug-likeness (QED) is 0.634. The summed E-state index contributed by atoms with van der Waals surface area (Å²) in [5.74, 6) is 2.37. The van der Waals surface area contributed by atoms with Gasteiger partial charge in [0.15, 0.2) is 0 Å². The highest BCUT2D eigenvalue weighted by atomic mass is 16.5. The summed E-state index contributed by atoms with van der Waals surface area (Å²) < 4.78 is 10.5. The Hall–Kier alpha value is -2.92. The topological polar surface area (TPSA) is 56.3 Å². The molecule has 0 amide bonds. The molecule has 1 heterocycles. The van der Waals surface area contributed by atoms with Gasteiger partial charge in [0.2, 0.25) is 0 Å². The molecular weight excluding hydrogens is 314 g/mol. The third-order valence-corrected chi connectivity index (χ3v) is 3.59. The second-order valence-electron chi connectivity index (χ2n) is 5.51. The van der Waals surface area contributed by atoms with Crippen LogP contribution in [0.15, 0.2) is 66.9 Å². The van der Waals surface area contributed by atoms with E-state index < -0.39 is 0 Å². The van der Waals surface area contributed by atoms with E-state index in [-0.39, 0.29) is 0 Å². The molecule has 0 radical (unpaired) electrons. The van der Waals surface area contributed by atoms with Gasteiger partial charge in [-0.1, -0.05) is 30.3 Å². The van der Waals surface area contributed by atoms with Gasteiger partial charge in [-0.25, -0.2) is 9.97 Å². The minimum absolute atomic E-state index is 0.540. The summed E-state index contributed by atoms with van der Waals surface area (Å²) in [6.45, 7) is 1.11. The van der Waals surface area contributed by atoms with E-state index in [0.717, 1.165) is 23.1 Å². The van der Waals surface area contributed by atoms with Crippen LogP contribution in [-0.2, 0) is 11.2 Å². The van der Waals surface area contributed by atoms with E-state index in [9.17, 15) is 0 Å². The van der Waals surface area contributed by atoms with E-state index >= 15 is 0 Å². The Balaban J connectivity index is 1.62. The first-order valence-corrected chi connectivity index (χ1v) is 8.18. The molecule has 2 aromatic carbocycles. The van der Waals surface area contributed by atoms with Gasteiger partial charge in [0.05, 0.1) is 6.61 Å². The van der Waals surface area contributed by atoms with E-state index in [4.69, 9.17) is 9.47 Å². The van der Waals surface area contributed by atoms with Crippen LogP contribution >= 0.6 is 0 Å². The number of anilines is 2. The van der Waals surface area contributed by atoms with Crippen LogP contribution in [0.2, 0.25) is 0 Å². The molecule has 0 aliphatic rings. The molecule has 0 bridgehead atoms. The molecule has 25 heavy (non-hydrogen) atoms. The predicted octanol–water partition coefficient (Wildman–Crippen LogP) is 3.84. The summed E-state index contributed by atoms with van der Waals surface area (Å²) in [4.78, 5) is 8.93. The number of aromatic nitrogens is 2. The SMILES string of the molecule is COCCOc1ccc(Nc2ccnc(Cc3ccccc3)n2)cc1. The summed E-state index contributed by atoms with van der Waals surface area (Å²) in [7, 11) is 1.66. The third kappa shape index (κ3) is 5.29. The fourth-order valence-corrected chi connectivity index (χ4v) is 2.36. The van der Waals surface area contributed by atoms with E-state index in [1.54, 1.807) is 13.3 Å². The van der Waals surface area contributed by atoms with Crippen LogP contribution in [-0.4, -0.2) is 30.3 Å². The lowest BCUT2D eigenvalue weighted by Gasteiger charge is -2.09. The van der Waals surface area contributed by atoms with E-state index in [2.05, 4.69) is 27.4 Å². The Bertz CT molecular complexity index is 776. The lowest BCUT2D eigenvalue weighted by Crippen LogP contribution is -2.04. The maximum atomic E-state index is 5.56. The van der Waals surface area contributed by atoms with Crippen molar-refractivity contribution in [2.24, 2.45) is 0 Å². The summed E-state index contributed by atoms with van der Waals surface area (Å²) in [5.41, 5.74) is 2.14.